The summed E-state index contributed by atoms with van der Waals surface area (Å²) >= 11 is 0. The Labute approximate surface area is 148 Å². The summed E-state index contributed by atoms with van der Waals surface area (Å²) in [5, 5.41) is 9.42. The van der Waals surface area contributed by atoms with Gasteiger partial charge in [-0.25, -0.2) is 4.79 Å². The molecule has 0 radical (unpaired) electrons. The van der Waals surface area contributed by atoms with E-state index in [0.29, 0.717) is 45.4 Å². The third-order valence-electron chi connectivity index (χ3n) is 6.02. The van der Waals surface area contributed by atoms with Crippen molar-refractivity contribution in [2.24, 2.45) is 11.3 Å². The predicted molar refractivity (Wildman–Crippen MR) is 92.1 cm³/mol. The summed E-state index contributed by atoms with van der Waals surface area (Å²) in [4.78, 5) is 42.2. The van der Waals surface area contributed by atoms with Gasteiger partial charge in [-0.2, -0.15) is 0 Å². The van der Waals surface area contributed by atoms with Crippen molar-refractivity contribution in [3.05, 3.63) is 0 Å². The number of carboxylic acids is 1. The number of nitrogens with zero attached hydrogens (tertiary/aromatic N) is 3. The van der Waals surface area contributed by atoms with Gasteiger partial charge in [0.25, 0.3) is 0 Å². The van der Waals surface area contributed by atoms with Gasteiger partial charge in [0.05, 0.1) is 5.41 Å². The molecule has 3 heterocycles. The van der Waals surface area contributed by atoms with Crippen LogP contribution in [0.25, 0.3) is 0 Å². The van der Waals surface area contributed by atoms with Crippen LogP contribution in [0.2, 0.25) is 0 Å². The summed E-state index contributed by atoms with van der Waals surface area (Å²) in [7, 11) is 0. The molecule has 0 bridgehead atoms. The molecule has 1 N–H and O–H groups in total. The van der Waals surface area contributed by atoms with E-state index in [1.54, 1.807) is 11.8 Å². The van der Waals surface area contributed by atoms with Gasteiger partial charge < -0.3 is 19.8 Å². The van der Waals surface area contributed by atoms with E-state index in [0.717, 1.165) is 32.4 Å². The van der Waals surface area contributed by atoms with Crippen molar-refractivity contribution in [1.82, 2.24) is 14.7 Å². The Morgan fingerprint density at radius 1 is 0.880 bits per heavy atom. The van der Waals surface area contributed by atoms with Crippen LogP contribution < -0.4 is 0 Å². The van der Waals surface area contributed by atoms with Crippen LogP contribution >= 0.6 is 0 Å². The van der Waals surface area contributed by atoms with Crippen LogP contribution in [0.4, 0.5) is 4.79 Å². The van der Waals surface area contributed by atoms with Gasteiger partial charge in [0, 0.05) is 45.2 Å². The highest BCUT2D eigenvalue weighted by Gasteiger charge is 2.41. The Balaban J connectivity index is 1.53. The lowest BCUT2D eigenvalue weighted by molar-refractivity contribution is -0.154. The van der Waals surface area contributed by atoms with E-state index in [2.05, 4.69) is 0 Å². The minimum Gasteiger partial charge on any atom is -0.481 e. The summed E-state index contributed by atoms with van der Waals surface area (Å²) in [5.41, 5.74) is -0.833. The van der Waals surface area contributed by atoms with E-state index < -0.39 is 11.4 Å². The third kappa shape index (κ3) is 3.75. The molecule has 0 saturated carbocycles. The van der Waals surface area contributed by atoms with Gasteiger partial charge in [-0.15, -0.1) is 0 Å². The zero-order chi connectivity index (χ0) is 18.0. The molecule has 0 aromatic heterocycles. The Kier molecular flexibility index (Phi) is 5.20. The van der Waals surface area contributed by atoms with Gasteiger partial charge in [-0.05, 0) is 45.4 Å². The molecule has 7 nitrogen and oxygen atoms in total. The number of amides is 3. The molecule has 3 rings (SSSR count). The largest absolute Gasteiger partial charge is 0.481 e. The molecular formula is C18H29N3O4. The molecular weight excluding hydrogens is 322 g/mol. The van der Waals surface area contributed by atoms with E-state index in [1.807, 2.05) is 9.80 Å². The number of hydrogen-bond acceptors (Lipinski definition) is 3. The molecule has 1 atom stereocenters. The summed E-state index contributed by atoms with van der Waals surface area (Å²) in [6, 6.07) is 0.111. The maximum Gasteiger partial charge on any atom is 0.319 e. The van der Waals surface area contributed by atoms with Crippen molar-refractivity contribution in [3.8, 4) is 0 Å². The number of carbonyl (C=O) groups excluding carboxylic acids is 2. The summed E-state index contributed by atoms with van der Waals surface area (Å²) < 4.78 is 0. The number of piperidine rings is 2. The smallest absolute Gasteiger partial charge is 0.319 e. The molecule has 140 valence electrons. The van der Waals surface area contributed by atoms with E-state index in [4.69, 9.17) is 0 Å². The topological polar surface area (TPSA) is 81.2 Å². The van der Waals surface area contributed by atoms with Gasteiger partial charge in [-0.1, -0.05) is 0 Å². The Bertz CT molecular complexity index is 538. The van der Waals surface area contributed by atoms with Crippen LogP contribution in [0.1, 0.15) is 45.4 Å². The fraction of sp³-hybridized carbons (Fsp3) is 0.833. The lowest BCUT2D eigenvalue weighted by Gasteiger charge is -2.41. The normalized spacial score (nSPS) is 28.3. The molecule has 1 unspecified atom stereocenters. The van der Waals surface area contributed by atoms with Gasteiger partial charge in [0.15, 0.2) is 0 Å². The fourth-order valence-corrected chi connectivity index (χ4v) is 4.29. The van der Waals surface area contributed by atoms with Gasteiger partial charge in [-0.3, -0.25) is 9.59 Å². The SMILES string of the molecule is CC1(C(=O)O)CCCN(C(=O)C2CCN(C(=O)N3CCCC3)CC2)C1. The van der Waals surface area contributed by atoms with Crippen molar-refractivity contribution >= 4 is 17.9 Å². The molecule has 0 spiro atoms. The first kappa shape index (κ1) is 18.0. The number of urea groups is 1. The van der Waals surface area contributed by atoms with Crippen molar-refractivity contribution in [3.63, 3.8) is 0 Å². The number of hydrogen-bond donors (Lipinski definition) is 1. The van der Waals surface area contributed by atoms with Crippen molar-refractivity contribution in [2.75, 3.05) is 39.3 Å². The Morgan fingerprint density at radius 3 is 2.04 bits per heavy atom. The number of carboxylic acid groups (broad SMARTS) is 1. The maximum absolute atomic E-state index is 12.8. The molecule has 25 heavy (non-hydrogen) atoms. The maximum atomic E-state index is 12.8. The summed E-state index contributed by atoms with van der Waals surface area (Å²) in [6.07, 6.45) is 4.88. The molecule has 3 amide bonds. The Morgan fingerprint density at radius 2 is 1.44 bits per heavy atom. The second-order valence-electron chi connectivity index (χ2n) is 7.97. The minimum atomic E-state index is -0.833. The summed E-state index contributed by atoms with van der Waals surface area (Å²) in [5.74, 6) is -0.838. The lowest BCUT2D eigenvalue weighted by Crippen LogP contribution is -2.52. The monoisotopic (exact) mass is 351 g/mol. The highest BCUT2D eigenvalue weighted by Crippen LogP contribution is 2.31. The average molecular weight is 351 g/mol. The minimum absolute atomic E-state index is 0.0699. The number of carbonyl (C=O) groups is 3. The van der Waals surface area contributed by atoms with Crippen molar-refractivity contribution in [2.45, 2.75) is 45.4 Å². The number of aliphatic carboxylic acids is 1. The average Bonchev–Trinajstić information content (AvgIpc) is 3.15. The Hall–Kier alpha value is -1.79. The molecule has 7 heteroatoms. The van der Waals surface area contributed by atoms with E-state index >= 15 is 0 Å². The van der Waals surface area contributed by atoms with Gasteiger partial charge in [0.2, 0.25) is 5.91 Å². The van der Waals surface area contributed by atoms with Gasteiger partial charge >= 0.3 is 12.0 Å². The van der Waals surface area contributed by atoms with Crippen LogP contribution in [-0.2, 0) is 9.59 Å². The number of rotatable bonds is 2. The first-order valence-corrected chi connectivity index (χ1v) is 9.47. The van der Waals surface area contributed by atoms with Crippen LogP contribution in [0.3, 0.4) is 0 Å². The van der Waals surface area contributed by atoms with E-state index in [9.17, 15) is 19.5 Å². The molecule has 0 aliphatic carbocycles. The zero-order valence-electron chi connectivity index (χ0n) is 15.1. The van der Waals surface area contributed by atoms with Crippen molar-refractivity contribution < 1.29 is 19.5 Å². The molecule has 3 fully saturated rings. The lowest BCUT2D eigenvalue weighted by atomic mass is 9.81. The third-order valence-corrected chi connectivity index (χ3v) is 6.02. The quantitative estimate of drug-likeness (QED) is 0.820. The molecule has 0 aromatic carbocycles. The van der Waals surface area contributed by atoms with E-state index in [1.165, 1.54) is 0 Å². The fourth-order valence-electron chi connectivity index (χ4n) is 4.29. The first-order chi connectivity index (χ1) is 11.9. The zero-order valence-corrected chi connectivity index (χ0v) is 15.1. The number of likely N-dealkylation sites (tertiary alicyclic amines) is 3. The molecule has 3 aliphatic rings. The highest BCUT2D eigenvalue weighted by atomic mass is 16.4. The molecule has 0 aromatic rings. The second kappa shape index (κ2) is 7.22. The molecule has 3 aliphatic heterocycles. The molecule has 3 saturated heterocycles. The van der Waals surface area contributed by atoms with Gasteiger partial charge in [0.1, 0.15) is 0 Å². The standard InChI is InChI=1S/C18H29N3O4/c1-18(16(23)24)7-4-10-21(13-18)15(22)14-5-11-20(12-6-14)17(25)19-8-2-3-9-19/h14H,2-13H2,1H3,(H,23,24). The van der Waals surface area contributed by atoms with E-state index in [-0.39, 0.29) is 17.9 Å². The van der Waals surface area contributed by atoms with Crippen LogP contribution in [-0.4, -0.2) is 77.0 Å². The predicted octanol–water partition coefficient (Wildman–Crippen LogP) is 1.63. The van der Waals surface area contributed by atoms with Crippen LogP contribution in [0.15, 0.2) is 0 Å². The van der Waals surface area contributed by atoms with Crippen LogP contribution in [0, 0.1) is 11.3 Å². The highest BCUT2D eigenvalue weighted by molar-refractivity contribution is 5.82. The van der Waals surface area contributed by atoms with Crippen LogP contribution in [0.5, 0.6) is 0 Å². The summed E-state index contributed by atoms with van der Waals surface area (Å²) in [6.45, 7) is 5.61. The van der Waals surface area contributed by atoms with Crippen molar-refractivity contribution in [1.29, 1.82) is 0 Å². The first-order valence-electron chi connectivity index (χ1n) is 9.47. The second-order valence-corrected chi connectivity index (χ2v) is 7.97.